The quantitative estimate of drug-likeness (QED) is 0.563. The number of ether oxygens (including phenoxy) is 2. The Labute approximate surface area is 160 Å². The van der Waals surface area contributed by atoms with E-state index < -0.39 is 11.7 Å². The molecule has 0 unspecified atom stereocenters. The third kappa shape index (κ3) is 4.93. The molecule has 6 heteroatoms. The second-order valence-corrected chi connectivity index (χ2v) is 9.36. The van der Waals surface area contributed by atoms with E-state index in [2.05, 4.69) is 13.8 Å². The van der Waals surface area contributed by atoms with Gasteiger partial charge in [-0.15, -0.1) is 11.8 Å². The molecule has 1 fully saturated rings. The summed E-state index contributed by atoms with van der Waals surface area (Å²) in [4.78, 5) is 27.9. The van der Waals surface area contributed by atoms with Gasteiger partial charge < -0.3 is 14.4 Å². The standard InChI is InChI=1S/C20H29NO4S/c1-13(2)26-16-10-8-7-9-14(16)17-15(18(22)24-6)11-12-21(17)19(23)25-20(3,4)5/h7-10,13,15,17H,11-12H2,1-6H3/t15-,17-/m0/s1. The second kappa shape index (κ2) is 8.33. The Morgan fingerprint density at radius 2 is 1.88 bits per heavy atom. The zero-order chi connectivity index (χ0) is 19.5. The number of hydrogen-bond acceptors (Lipinski definition) is 5. The van der Waals surface area contributed by atoms with Crippen molar-refractivity contribution in [3.8, 4) is 0 Å². The number of nitrogens with zero attached hydrogens (tertiary/aromatic N) is 1. The number of likely N-dealkylation sites (tertiary alicyclic amines) is 1. The first-order valence-electron chi connectivity index (χ1n) is 8.97. The second-order valence-electron chi connectivity index (χ2n) is 7.74. The monoisotopic (exact) mass is 379 g/mol. The van der Waals surface area contributed by atoms with Crippen LogP contribution in [0.4, 0.5) is 4.79 Å². The Morgan fingerprint density at radius 1 is 1.23 bits per heavy atom. The predicted octanol–water partition coefficient (Wildman–Crippen LogP) is 4.66. The van der Waals surface area contributed by atoms with E-state index in [0.29, 0.717) is 18.2 Å². The average Bonchev–Trinajstić information content (AvgIpc) is 2.97. The van der Waals surface area contributed by atoms with Crippen LogP contribution >= 0.6 is 11.8 Å². The van der Waals surface area contributed by atoms with E-state index in [1.165, 1.54) is 7.11 Å². The molecule has 1 aliphatic heterocycles. The van der Waals surface area contributed by atoms with E-state index in [0.717, 1.165) is 10.5 Å². The van der Waals surface area contributed by atoms with Crippen molar-refractivity contribution in [2.45, 2.75) is 62.8 Å². The van der Waals surface area contributed by atoms with E-state index in [4.69, 9.17) is 9.47 Å². The number of carbonyl (C=O) groups excluding carboxylic acids is 2. The Hall–Kier alpha value is -1.69. The maximum Gasteiger partial charge on any atom is 0.410 e. The van der Waals surface area contributed by atoms with Gasteiger partial charge in [0.2, 0.25) is 0 Å². The van der Waals surface area contributed by atoms with Crippen LogP contribution in [0.3, 0.4) is 0 Å². The van der Waals surface area contributed by atoms with E-state index in [9.17, 15) is 9.59 Å². The molecule has 2 rings (SSSR count). The van der Waals surface area contributed by atoms with E-state index in [1.54, 1.807) is 16.7 Å². The molecule has 0 saturated carbocycles. The Bertz CT molecular complexity index is 653. The molecule has 0 bridgehead atoms. The number of rotatable bonds is 4. The summed E-state index contributed by atoms with van der Waals surface area (Å²) < 4.78 is 10.6. The van der Waals surface area contributed by atoms with Crippen molar-refractivity contribution in [1.82, 2.24) is 4.90 Å². The first-order valence-corrected chi connectivity index (χ1v) is 9.85. The van der Waals surface area contributed by atoms with E-state index in [-0.39, 0.29) is 17.9 Å². The van der Waals surface area contributed by atoms with Crippen molar-refractivity contribution in [3.05, 3.63) is 29.8 Å². The summed E-state index contributed by atoms with van der Waals surface area (Å²) in [6.45, 7) is 10.3. The molecule has 5 nitrogen and oxygen atoms in total. The highest BCUT2D eigenvalue weighted by Gasteiger charge is 2.44. The third-order valence-corrected chi connectivity index (χ3v) is 5.23. The molecule has 2 atom stereocenters. The number of benzene rings is 1. The van der Waals surface area contributed by atoms with E-state index >= 15 is 0 Å². The SMILES string of the molecule is COC(=O)[C@H]1CCN(C(=O)OC(C)(C)C)[C@H]1c1ccccc1SC(C)C. The van der Waals surface area contributed by atoms with Crippen LogP contribution in [-0.4, -0.2) is 41.5 Å². The van der Waals surface area contributed by atoms with Crippen LogP contribution in [0.1, 0.15) is 52.6 Å². The van der Waals surface area contributed by atoms with Crippen molar-refractivity contribution >= 4 is 23.8 Å². The summed E-state index contributed by atoms with van der Waals surface area (Å²) in [6, 6.07) is 7.58. The highest BCUT2D eigenvalue weighted by Crippen LogP contribution is 2.43. The summed E-state index contributed by atoms with van der Waals surface area (Å²) in [6.07, 6.45) is 0.176. The number of methoxy groups -OCH3 is 1. The minimum atomic E-state index is -0.586. The van der Waals surface area contributed by atoms with Crippen LogP contribution in [0, 0.1) is 5.92 Å². The van der Waals surface area contributed by atoms with Gasteiger partial charge in [-0.1, -0.05) is 32.0 Å². The normalized spacial score (nSPS) is 20.3. The molecule has 1 saturated heterocycles. The lowest BCUT2D eigenvalue weighted by atomic mass is 9.93. The maximum absolute atomic E-state index is 12.8. The highest BCUT2D eigenvalue weighted by atomic mass is 32.2. The summed E-state index contributed by atoms with van der Waals surface area (Å²) in [5, 5.41) is 0.393. The van der Waals surface area contributed by atoms with Crippen LogP contribution in [0.2, 0.25) is 0 Å². The van der Waals surface area contributed by atoms with Crippen LogP contribution in [0.15, 0.2) is 29.2 Å². The van der Waals surface area contributed by atoms with Crippen LogP contribution in [0.25, 0.3) is 0 Å². The molecule has 144 valence electrons. The van der Waals surface area contributed by atoms with Gasteiger partial charge in [-0.25, -0.2) is 4.79 Å². The van der Waals surface area contributed by atoms with Gasteiger partial charge in [-0.05, 0) is 38.8 Å². The first-order chi connectivity index (χ1) is 12.1. The fourth-order valence-electron chi connectivity index (χ4n) is 3.19. The fourth-order valence-corrected chi connectivity index (χ4v) is 4.18. The molecule has 0 N–H and O–H groups in total. The van der Waals surface area contributed by atoms with Gasteiger partial charge in [0.25, 0.3) is 0 Å². The van der Waals surface area contributed by atoms with Crippen molar-refractivity contribution in [2.75, 3.05) is 13.7 Å². The molecule has 0 radical (unpaired) electrons. The molecule has 1 aromatic carbocycles. The number of esters is 1. The minimum absolute atomic E-state index is 0.287. The molecule has 1 heterocycles. The molecule has 1 aliphatic rings. The molecular weight excluding hydrogens is 350 g/mol. The molecule has 1 amide bonds. The molecular formula is C20H29NO4S. The summed E-state index contributed by atoms with van der Waals surface area (Å²) in [7, 11) is 1.39. The number of amides is 1. The Kier molecular flexibility index (Phi) is 6.61. The number of hydrogen-bond donors (Lipinski definition) is 0. The zero-order valence-corrected chi connectivity index (χ0v) is 17.3. The van der Waals surface area contributed by atoms with Crippen molar-refractivity contribution in [1.29, 1.82) is 0 Å². The van der Waals surface area contributed by atoms with Crippen LogP contribution < -0.4 is 0 Å². The summed E-state index contributed by atoms with van der Waals surface area (Å²) >= 11 is 1.73. The van der Waals surface area contributed by atoms with Crippen molar-refractivity contribution in [2.24, 2.45) is 5.92 Å². The van der Waals surface area contributed by atoms with Gasteiger partial charge >= 0.3 is 12.1 Å². The average molecular weight is 380 g/mol. The number of carbonyl (C=O) groups is 2. The molecule has 0 spiro atoms. The molecule has 26 heavy (non-hydrogen) atoms. The third-order valence-electron chi connectivity index (χ3n) is 4.13. The first kappa shape index (κ1) is 20.6. The zero-order valence-electron chi connectivity index (χ0n) is 16.4. The fraction of sp³-hybridized carbons (Fsp3) is 0.600. The van der Waals surface area contributed by atoms with Crippen molar-refractivity contribution in [3.63, 3.8) is 0 Å². The smallest absolute Gasteiger partial charge is 0.410 e. The minimum Gasteiger partial charge on any atom is -0.469 e. The van der Waals surface area contributed by atoms with Gasteiger partial charge in [0.15, 0.2) is 0 Å². The topological polar surface area (TPSA) is 55.8 Å². The van der Waals surface area contributed by atoms with E-state index in [1.807, 2.05) is 45.0 Å². The summed E-state index contributed by atoms with van der Waals surface area (Å²) in [5.74, 6) is -0.674. The lowest BCUT2D eigenvalue weighted by molar-refractivity contribution is -0.146. The Balaban J connectivity index is 2.43. The number of thioether (sulfide) groups is 1. The highest BCUT2D eigenvalue weighted by molar-refractivity contribution is 8.00. The van der Waals surface area contributed by atoms with Crippen LogP contribution in [-0.2, 0) is 14.3 Å². The van der Waals surface area contributed by atoms with Gasteiger partial charge in [-0.2, -0.15) is 0 Å². The lowest BCUT2D eigenvalue weighted by Gasteiger charge is -2.31. The van der Waals surface area contributed by atoms with Gasteiger partial charge in [-0.3, -0.25) is 4.79 Å². The van der Waals surface area contributed by atoms with Crippen molar-refractivity contribution < 1.29 is 19.1 Å². The predicted molar refractivity (Wildman–Crippen MR) is 103 cm³/mol. The van der Waals surface area contributed by atoms with Gasteiger partial charge in [0.05, 0.1) is 19.1 Å². The van der Waals surface area contributed by atoms with Crippen LogP contribution in [0.5, 0.6) is 0 Å². The van der Waals surface area contributed by atoms with Gasteiger partial charge in [0, 0.05) is 16.7 Å². The van der Waals surface area contributed by atoms with Gasteiger partial charge in [0.1, 0.15) is 5.60 Å². The lowest BCUT2D eigenvalue weighted by Crippen LogP contribution is -2.38. The molecule has 1 aromatic rings. The molecule has 0 aromatic heterocycles. The largest absolute Gasteiger partial charge is 0.469 e. The molecule has 0 aliphatic carbocycles. The maximum atomic E-state index is 12.8. The summed E-state index contributed by atoms with van der Waals surface area (Å²) in [5.41, 5.74) is 0.391. The Morgan fingerprint density at radius 3 is 2.46 bits per heavy atom.